The molecule has 0 radical (unpaired) electrons. The third-order valence-electron chi connectivity index (χ3n) is 9.25. The quantitative estimate of drug-likeness (QED) is 0.0294. The molecule has 5 aromatic rings. The van der Waals surface area contributed by atoms with Gasteiger partial charge in [0.2, 0.25) is 0 Å². The number of rotatable bonds is 21. The summed E-state index contributed by atoms with van der Waals surface area (Å²) in [6, 6.07) is 11.5. The lowest BCUT2D eigenvalue weighted by Crippen LogP contribution is -2.09. The summed E-state index contributed by atoms with van der Waals surface area (Å²) in [7, 11) is -2.63. The second kappa shape index (κ2) is 31.3. The van der Waals surface area contributed by atoms with Crippen LogP contribution in [0.5, 0.6) is 40.2 Å². The fourth-order valence-electron chi connectivity index (χ4n) is 5.64. The number of benzene rings is 1. The summed E-state index contributed by atoms with van der Waals surface area (Å²) < 4.78 is 70.2. The van der Waals surface area contributed by atoms with Gasteiger partial charge in [0, 0.05) is 60.7 Å². The van der Waals surface area contributed by atoms with Crippen molar-refractivity contribution in [2.45, 2.75) is 51.4 Å². The van der Waals surface area contributed by atoms with Crippen molar-refractivity contribution in [3.05, 3.63) is 101 Å². The first kappa shape index (κ1) is 65.3. The number of halogens is 1. The van der Waals surface area contributed by atoms with Crippen molar-refractivity contribution in [2.75, 3.05) is 41.0 Å². The fourth-order valence-corrected chi connectivity index (χ4v) is 6.71. The number of nitrogens with zero attached hydrogens (tertiary/aromatic N) is 4. The monoisotopic (exact) mass is 1150 g/mol. The molecule has 0 amide bonds. The van der Waals surface area contributed by atoms with Gasteiger partial charge in [0.15, 0.2) is 34.6 Å². The van der Waals surface area contributed by atoms with Crippen LogP contribution in [-0.2, 0) is 58.4 Å². The first-order valence-corrected chi connectivity index (χ1v) is 25.9. The van der Waals surface area contributed by atoms with Gasteiger partial charge in [-0.05, 0) is 23.8 Å². The van der Waals surface area contributed by atoms with E-state index in [9.17, 15) is 75.6 Å². The number of ketones is 4. The molecule has 0 spiro atoms. The number of carbonyl (C=O) groups is 8. The largest absolute Gasteiger partial charge is 0.506 e. The predicted octanol–water partition coefficient (Wildman–Crippen LogP) is 4.40. The lowest BCUT2D eigenvalue weighted by atomic mass is 10.1. The van der Waals surface area contributed by atoms with E-state index in [2.05, 4.69) is 47.2 Å². The average molecular weight is 1150 g/mol. The first-order valence-electron chi connectivity index (χ1n) is 21.9. The molecule has 0 unspecified atom stereocenters. The molecule has 0 bridgehead atoms. The molecule has 0 aliphatic rings. The Kier molecular flexibility index (Phi) is 26.2. The van der Waals surface area contributed by atoms with Crippen molar-refractivity contribution in [3.8, 4) is 51.4 Å². The Bertz CT molecular complexity index is 3120. The molecule has 420 valence electrons. The molecule has 0 aliphatic carbocycles. The molecule has 5 N–H and O–H groups in total. The van der Waals surface area contributed by atoms with E-state index in [0.29, 0.717) is 10.6 Å². The van der Waals surface area contributed by atoms with Crippen molar-refractivity contribution < 1.29 is 108 Å². The maximum absolute atomic E-state index is 11.9. The Morgan fingerprint density at radius 3 is 1.05 bits per heavy atom. The van der Waals surface area contributed by atoms with Gasteiger partial charge in [0.25, 0.3) is 0 Å². The van der Waals surface area contributed by atoms with Crippen LogP contribution in [-0.4, -0.2) is 150 Å². The summed E-state index contributed by atoms with van der Waals surface area (Å²) in [5.74, 6) is -6.50. The van der Waals surface area contributed by atoms with E-state index in [-0.39, 0.29) is 97.1 Å². The summed E-state index contributed by atoms with van der Waals surface area (Å²) in [6.45, 7) is 0. The van der Waals surface area contributed by atoms with Crippen LogP contribution in [0.15, 0.2) is 73.3 Å². The van der Waals surface area contributed by atoms with E-state index in [4.69, 9.17) is 16.7 Å². The molecule has 0 atom stereocenters. The van der Waals surface area contributed by atoms with Gasteiger partial charge in [0.1, 0.15) is 51.5 Å². The van der Waals surface area contributed by atoms with Gasteiger partial charge in [-0.2, -0.15) is 16.8 Å². The minimum absolute atomic E-state index is 0.0491. The maximum Gasteiger partial charge on any atom is 0.306 e. The van der Waals surface area contributed by atoms with E-state index in [0.717, 1.165) is 54.9 Å². The van der Waals surface area contributed by atoms with Crippen molar-refractivity contribution in [3.63, 3.8) is 0 Å². The molecule has 0 aliphatic heterocycles. The Morgan fingerprint density at radius 2 is 0.756 bits per heavy atom. The minimum atomic E-state index is -3.75. The number of pyridine rings is 4. The number of esters is 4. The van der Waals surface area contributed by atoms with E-state index in [1.165, 1.54) is 40.7 Å². The van der Waals surface area contributed by atoms with Gasteiger partial charge in [-0.3, -0.25) is 38.4 Å². The van der Waals surface area contributed by atoms with Crippen LogP contribution in [0.3, 0.4) is 0 Å². The second-order valence-electron chi connectivity index (χ2n) is 15.3. The summed E-state index contributed by atoms with van der Waals surface area (Å²) in [5.41, 5.74) is 0.661. The molecule has 1 aromatic carbocycles. The van der Waals surface area contributed by atoms with Crippen LogP contribution >= 0.6 is 11.6 Å². The third kappa shape index (κ3) is 23.8. The molecule has 4 aromatic heterocycles. The minimum Gasteiger partial charge on any atom is -0.506 e. The van der Waals surface area contributed by atoms with Gasteiger partial charge >= 0.3 is 44.1 Å². The number of Topliss-reactive ketones (excluding diaryl/α,β-unsaturated/α-hetero) is 4. The molecule has 27 nitrogen and oxygen atoms in total. The van der Waals surface area contributed by atoms with Crippen LogP contribution in [0, 0.1) is 0 Å². The molecule has 30 heteroatoms. The SMILES string of the molecule is COC(=O)CCC(=O)c1ncc(-c2cccc(Cl)c2)cc1O.COC(=O)CCC(=O)c1ncc(O)cc1O.COC(=O)CCC(=O)c1ncc(OS(C)(=O)=O)cc1O.COC(=O)CCC(=O)c1ncc(OS(C)(=O)=O)cc1O. The van der Waals surface area contributed by atoms with E-state index < -0.39 is 84.5 Å². The molecule has 4 heterocycles. The van der Waals surface area contributed by atoms with Crippen LogP contribution in [0.1, 0.15) is 93.3 Å². The summed E-state index contributed by atoms with van der Waals surface area (Å²) in [4.78, 5) is 105. The molecule has 0 saturated carbocycles. The van der Waals surface area contributed by atoms with Gasteiger partial charge in [-0.1, -0.05) is 23.7 Å². The normalized spacial score (nSPS) is 10.5. The van der Waals surface area contributed by atoms with Crippen LogP contribution in [0.25, 0.3) is 11.1 Å². The third-order valence-corrected chi connectivity index (χ3v) is 10.5. The second-order valence-corrected chi connectivity index (χ2v) is 18.9. The van der Waals surface area contributed by atoms with Gasteiger partial charge in [0.05, 0.1) is 85.2 Å². The van der Waals surface area contributed by atoms with E-state index in [1.807, 2.05) is 6.07 Å². The maximum atomic E-state index is 11.9. The fraction of sp³-hybridized carbons (Fsp3) is 0.292. The topological polar surface area (TPSA) is 413 Å². The highest BCUT2D eigenvalue weighted by atomic mass is 35.5. The summed E-state index contributed by atoms with van der Waals surface area (Å²) in [5, 5.41) is 48.1. The smallest absolute Gasteiger partial charge is 0.306 e. The van der Waals surface area contributed by atoms with E-state index >= 15 is 0 Å². The van der Waals surface area contributed by atoms with Crippen molar-refractivity contribution in [1.82, 2.24) is 19.9 Å². The molecule has 78 heavy (non-hydrogen) atoms. The number of hydrogen-bond donors (Lipinski definition) is 5. The highest BCUT2D eigenvalue weighted by molar-refractivity contribution is 7.86. The van der Waals surface area contributed by atoms with Crippen molar-refractivity contribution in [2.24, 2.45) is 0 Å². The Morgan fingerprint density at radius 1 is 0.436 bits per heavy atom. The Hall–Kier alpha value is -8.83. The van der Waals surface area contributed by atoms with Crippen molar-refractivity contribution >= 4 is 78.8 Å². The Labute approximate surface area is 450 Å². The number of aromatic hydroxyl groups is 5. The van der Waals surface area contributed by atoms with Crippen molar-refractivity contribution in [1.29, 1.82) is 0 Å². The average Bonchev–Trinajstić information content (AvgIpc) is 3.37. The molecule has 0 fully saturated rings. The van der Waals surface area contributed by atoms with Gasteiger partial charge in [-0.15, -0.1) is 0 Å². The van der Waals surface area contributed by atoms with Gasteiger partial charge in [-0.25, -0.2) is 19.9 Å². The highest BCUT2D eigenvalue weighted by Crippen LogP contribution is 2.28. The summed E-state index contributed by atoms with van der Waals surface area (Å²) >= 11 is 5.92. The molecule has 5 rings (SSSR count). The zero-order chi connectivity index (χ0) is 58.9. The van der Waals surface area contributed by atoms with Gasteiger partial charge < -0.3 is 52.8 Å². The van der Waals surface area contributed by atoms with Crippen LogP contribution < -0.4 is 8.37 Å². The predicted molar refractivity (Wildman–Crippen MR) is 269 cm³/mol. The lowest BCUT2D eigenvalue weighted by molar-refractivity contribution is -0.141. The standard InChI is InChI=1S/C16H14ClNO4.2C11H13NO7S.C10H11NO5/c1-22-15(21)6-5-13(19)16-14(20)8-11(9-18-16)10-3-2-4-12(17)7-10;2*1-18-10(15)4-3-8(13)11-9(14)5-7(6-12-11)19-20(2,16)17;1-16-9(15)3-2-7(13)10-8(14)4-6(12)5-11-10/h2-4,7-9,20H,5-6H2,1H3;2*5-6,14H,3-4H2,1-2H3;4-5,12,14H,2-3H2,1H3. The Balaban J connectivity index is 0.000000358. The number of aromatic nitrogens is 4. The number of carbonyl (C=O) groups excluding carboxylic acids is 8. The number of hydrogen-bond acceptors (Lipinski definition) is 27. The molecular formula is C48H51ClN4O23S2. The van der Waals surface area contributed by atoms with Crippen LogP contribution in [0.4, 0.5) is 0 Å². The zero-order valence-corrected chi connectivity index (χ0v) is 44.5. The summed E-state index contributed by atoms with van der Waals surface area (Å²) in [6.07, 6.45) is 5.25. The zero-order valence-electron chi connectivity index (χ0n) is 42.2. The molecular weight excluding hydrogens is 1100 g/mol. The number of methoxy groups -OCH3 is 4. The number of ether oxygens (including phenoxy) is 4. The first-order chi connectivity index (χ1) is 36.5. The van der Waals surface area contributed by atoms with E-state index in [1.54, 1.807) is 18.2 Å². The highest BCUT2D eigenvalue weighted by Gasteiger charge is 2.20. The molecule has 0 saturated heterocycles. The van der Waals surface area contributed by atoms with Crippen LogP contribution in [0.2, 0.25) is 5.02 Å². The lowest BCUT2D eigenvalue weighted by Gasteiger charge is -2.06.